The molecule has 4 nitrogen and oxygen atoms in total. The fraction of sp³-hybridized carbons (Fsp3) is 0.316. The number of benzene rings is 2. The third kappa shape index (κ3) is 4.94. The van der Waals surface area contributed by atoms with Gasteiger partial charge in [0.05, 0.1) is 11.7 Å². The Hall–Kier alpha value is -2.11. The third-order valence-electron chi connectivity index (χ3n) is 4.00. The maximum atomic E-state index is 13.8. The molecule has 0 aromatic heterocycles. The highest BCUT2D eigenvalue weighted by atomic mass is 35.5. The summed E-state index contributed by atoms with van der Waals surface area (Å²) in [6.07, 6.45) is 3.43. The number of nitrogens with one attached hydrogen (secondary N) is 1. The molecule has 0 spiro atoms. The van der Waals surface area contributed by atoms with Crippen molar-refractivity contribution in [1.29, 1.82) is 0 Å². The number of carbonyl (C=O) groups excluding carboxylic acids is 1. The first kappa shape index (κ1) is 17.7. The van der Waals surface area contributed by atoms with Crippen LogP contribution in [0.1, 0.15) is 29.6 Å². The Balaban J connectivity index is 1.55. The van der Waals surface area contributed by atoms with Crippen molar-refractivity contribution in [2.45, 2.75) is 25.4 Å². The van der Waals surface area contributed by atoms with E-state index < -0.39 is 11.7 Å². The lowest BCUT2D eigenvalue weighted by molar-refractivity contribution is -0.0110. The molecule has 1 heterocycles. The molecule has 2 aromatic carbocycles. The Morgan fingerprint density at radius 3 is 2.72 bits per heavy atom. The molecule has 1 atom stereocenters. The van der Waals surface area contributed by atoms with Crippen LogP contribution >= 0.6 is 11.6 Å². The Morgan fingerprint density at radius 2 is 2.04 bits per heavy atom. The molecule has 1 aliphatic heterocycles. The van der Waals surface area contributed by atoms with Crippen LogP contribution in [0, 0.1) is 5.82 Å². The van der Waals surface area contributed by atoms with E-state index in [1.807, 2.05) is 0 Å². The van der Waals surface area contributed by atoms with E-state index in [1.165, 1.54) is 18.6 Å². The number of anilines is 1. The van der Waals surface area contributed by atoms with Gasteiger partial charge in [-0.25, -0.2) is 4.39 Å². The Morgan fingerprint density at radius 1 is 1.24 bits per heavy atom. The number of amides is 1. The summed E-state index contributed by atoms with van der Waals surface area (Å²) >= 11 is 5.69. The third-order valence-corrected chi connectivity index (χ3v) is 4.23. The lowest BCUT2D eigenvalue weighted by atomic mass is 10.1. The van der Waals surface area contributed by atoms with Crippen molar-refractivity contribution in [2.75, 3.05) is 18.5 Å². The molecule has 1 unspecified atom stereocenters. The van der Waals surface area contributed by atoms with E-state index in [9.17, 15) is 9.18 Å². The highest BCUT2D eigenvalue weighted by Gasteiger charge is 2.15. The second kappa shape index (κ2) is 8.32. The fourth-order valence-corrected chi connectivity index (χ4v) is 2.79. The van der Waals surface area contributed by atoms with Crippen molar-refractivity contribution in [1.82, 2.24) is 0 Å². The van der Waals surface area contributed by atoms with Gasteiger partial charge in [-0.2, -0.15) is 0 Å². The van der Waals surface area contributed by atoms with Crippen molar-refractivity contribution in [2.24, 2.45) is 0 Å². The lowest BCUT2D eigenvalue weighted by Crippen LogP contribution is -2.25. The van der Waals surface area contributed by atoms with Gasteiger partial charge in [-0.1, -0.05) is 11.6 Å². The first-order valence-corrected chi connectivity index (χ1v) is 8.60. The maximum absolute atomic E-state index is 13.8. The molecule has 1 amide bonds. The highest BCUT2D eigenvalue weighted by molar-refractivity contribution is 6.30. The van der Waals surface area contributed by atoms with Gasteiger partial charge in [0.1, 0.15) is 18.2 Å². The van der Waals surface area contributed by atoms with Crippen LogP contribution in [0.4, 0.5) is 10.1 Å². The number of halogens is 2. The van der Waals surface area contributed by atoms with Crippen molar-refractivity contribution in [3.63, 3.8) is 0 Å². The monoisotopic (exact) mass is 363 g/mol. The summed E-state index contributed by atoms with van der Waals surface area (Å²) in [6.45, 7) is 1.31. The summed E-state index contributed by atoms with van der Waals surface area (Å²) < 4.78 is 25.1. The SMILES string of the molecule is O=C(Nc1ccc(OCC2CCCCO2)cc1)c1ccc(Cl)cc1F. The molecule has 0 radical (unpaired) electrons. The second-order valence-electron chi connectivity index (χ2n) is 5.90. The van der Waals surface area contributed by atoms with E-state index in [1.54, 1.807) is 24.3 Å². The average Bonchev–Trinajstić information content (AvgIpc) is 2.62. The zero-order valence-corrected chi connectivity index (χ0v) is 14.4. The molecule has 3 rings (SSSR count). The Bertz CT molecular complexity index is 730. The van der Waals surface area contributed by atoms with Crippen LogP contribution in [0.25, 0.3) is 0 Å². The van der Waals surface area contributed by atoms with E-state index in [-0.39, 0.29) is 16.7 Å². The van der Waals surface area contributed by atoms with Gasteiger partial charge in [0.25, 0.3) is 5.91 Å². The van der Waals surface area contributed by atoms with Gasteiger partial charge in [-0.15, -0.1) is 0 Å². The van der Waals surface area contributed by atoms with E-state index in [0.29, 0.717) is 18.0 Å². The minimum absolute atomic E-state index is 0.0563. The molecule has 0 bridgehead atoms. The molecule has 1 aliphatic rings. The van der Waals surface area contributed by atoms with Crippen molar-refractivity contribution >= 4 is 23.2 Å². The van der Waals surface area contributed by atoms with Crippen LogP contribution < -0.4 is 10.1 Å². The van der Waals surface area contributed by atoms with E-state index >= 15 is 0 Å². The molecule has 0 saturated carbocycles. The predicted molar refractivity (Wildman–Crippen MR) is 94.9 cm³/mol. The zero-order valence-electron chi connectivity index (χ0n) is 13.6. The highest BCUT2D eigenvalue weighted by Crippen LogP contribution is 2.20. The molecule has 132 valence electrons. The van der Waals surface area contributed by atoms with E-state index in [4.69, 9.17) is 21.1 Å². The van der Waals surface area contributed by atoms with Crippen molar-refractivity contribution in [3.8, 4) is 5.75 Å². The first-order valence-electron chi connectivity index (χ1n) is 8.23. The van der Waals surface area contributed by atoms with Crippen LogP contribution in [0.5, 0.6) is 5.75 Å². The van der Waals surface area contributed by atoms with Crippen LogP contribution in [0.3, 0.4) is 0 Å². The fourth-order valence-electron chi connectivity index (χ4n) is 2.63. The van der Waals surface area contributed by atoms with Gasteiger partial charge in [-0.05, 0) is 61.7 Å². The summed E-state index contributed by atoms with van der Waals surface area (Å²) in [5.74, 6) is -0.485. The number of carbonyl (C=O) groups is 1. The standard InChI is InChI=1S/C19H19ClFNO3/c20-13-4-9-17(18(21)11-13)19(23)22-14-5-7-15(8-6-14)25-12-16-3-1-2-10-24-16/h4-9,11,16H,1-3,10,12H2,(H,22,23). The molecule has 0 aliphatic carbocycles. The van der Waals surface area contributed by atoms with Gasteiger partial charge in [-0.3, -0.25) is 4.79 Å². The molecule has 1 N–H and O–H groups in total. The Labute approximate surface area is 150 Å². The molecule has 25 heavy (non-hydrogen) atoms. The van der Waals surface area contributed by atoms with E-state index in [2.05, 4.69) is 5.32 Å². The normalized spacial score (nSPS) is 17.1. The van der Waals surface area contributed by atoms with Gasteiger partial charge < -0.3 is 14.8 Å². The van der Waals surface area contributed by atoms with Gasteiger partial charge in [0.2, 0.25) is 0 Å². The quantitative estimate of drug-likeness (QED) is 0.839. The minimum Gasteiger partial charge on any atom is -0.491 e. The molecule has 1 saturated heterocycles. The van der Waals surface area contributed by atoms with E-state index in [0.717, 1.165) is 25.5 Å². The van der Waals surface area contributed by atoms with Crippen LogP contribution in [-0.2, 0) is 4.74 Å². The molecule has 1 fully saturated rings. The first-order chi connectivity index (χ1) is 12.1. The lowest BCUT2D eigenvalue weighted by Gasteiger charge is -2.22. The number of rotatable bonds is 5. The molecule has 6 heteroatoms. The van der Waals surface area contributed by atoms with Gasteiger partial charge >= 0.3 is 0 Å². The molecule has 2 aromatic rings. The number of hydrogen-bond donors (Lipinski definition) is 1. The molecular weight excluding hydrogens is 345 g/mol. The van der Waals surface area contributed by atoms with Crippen LogP contribution in [-0.4, -0.2) is 25.2 Å². The van der Waals surface area contributed by atoms with Gasteiger partial charge in [0.15, 0.2) is 0 Å². The predicted octanol–water partition coefficient (Wildman–Crippen LogP) is 4.68. The largest absolute Gasteiger partial charge is 0.491 e. The molecular formula is C19H19ClFNO3. The van der Waals surface area contributed by atoms with Gasteiger partial charge in [0, 0.05) is 17.3 Å². The van der Waals surface area contributed by atoms with Crippen LogP contribution in [0.2, 0.25) is 5.02 Å². The summed E-state index contributed by atoms with van der Waals surface area (Å²) in [5.41, 5.74) is 0.500. The number of ether oxygens (including phenoxy) is 2. The summed E-state index contributed by atoms with van der Waals surface area (Å²) in [5, 5.41) is 2.90. The zero-order chi connectivity index (χ0) is 17.6. The Kier molecular flexibility index (Phi) is 5.89. The maximum Gasteiger partial charge on any atom is 0.258 e. The average molecular weight is 364 g/mol. The van der Waals surface area contributed by atoms with Crippen molar-refractivity contribution in [3.05, 3.63) is 58.9 Å². The smallest absolute Gasteiger partial charge is 0.258 e. The topological polar surface area (TPSA) is 47.6 Å². The summed E-state index contributed by atoms with van der Waals surface area (Å²) in [7, 11) is 0. The van der Waals surface area contributed by atoms with Crippen LogP contribution in [0.15, 0.2) is 42.5 Å². The minimum atomic E-state index is -0.655. The second-order valence-corrected chi connectivity index (χ2v) is 6.34. The number of hydrogen-bond acceptors (Lipinski definition) is 3. The van der Waals surface area contributed by atoms with Crippen molar-refractivity contribution < 1.29 is 18.7 Å². The summed E-state index contributed by atoms with van der Waals surface area (Å²) in [4.78, 5) is 12.1. The summed E-state index contributed by atoms with van der Waals surface area (Å²) in [6, 6.07) is 10.9.